The molecule has 4 nitrogen and oxygen atoms in total. The zero-order valence-electron chi connectivity index (χ0n) is 11.1. The van der Waals surface area contributed by atoms with Crippen molar-refractivity contribution in [1.29, 1.82) is 5.26 Å². The highest BCUT2D eigenvalue weighted by Gasteiger charge is 2.14. The number of piperidine rings is 1. The van der Waals surface area contributed by atoms with Crippen molar-refractivity contribution >= 4 is 23.2 Å². The maximum atomic E-state index is 12.1. The van der Waals surface area contributed by atoms with Crippen molar-refractivity contribution in [3.05, 3.63) is 41.1 Å². The lowest BCUT2D eigenvalue weighted by atomic mass is 10.1. The smallest absolute Gasteiger partial charge is 0.267 e. The molecule has 1 N–H and O–H groups in total. The Labute approximate surface area is 123 Å². The number of rotatable bonds is 3. The molecule has 0 saturated carbocycles. The van der Waals surface area contributed by atoms with Crippen LogP contribution in [0.1, 0.15) is 19.3 Å². The van der Waals surface area contributed by atoms with Crippen molar-refractivity contribution in [1.82, 2.24) is 4.90 Å². The summed E-state index contributed by atoms with van der Waals surface area (Å²) in [6.07, 6.45) is 5.05. The third-order valence-corrected chi connectivity index (χ3v) is 3.52. The monoisotopic (exact) mass is 289 g/mol. The summed E-state index contributed by atoms with van der Waals surface area (Å²) in [5.74, 6) is -0.425. The number of nitriles is 1. The van der Waals surface area contributed by atoms with Crippen molar-refractivity contribution in [3.63, 3.8) is 0 Å². The van der Waals surface area contributed by atoms with E-state index in [0.29, 0.717) is 10.7 Å². The van der Waals surface area contributed by atoms with Gasteiger partial charge in [0.25, 0.3) is 5.91 Å². The second-order valence-electron chi connectivity index (χ2n) is 4.69. The largest absolute Gasteiger partial charge is 0.376 e. The molecule has 2 rings (SSSR count). The lowest BCUT2D eigenvalue weighted by Gasteiger charge is -2.25. The molecule has 1 aliphatic rings. The highest BCUT2D eigenvalue weighted by atomic mass is 35.5. The van der Waals surface area contributed by atoms with Crippen molar-refractivity contribution in [2.24, 2.45) is 0 Å². The number of likely N-dealkylation sites (tertiary alicyclic amines) is 1. The molecule has 0 spiro atoms. The first-order chi connectivity index (χ1) is 9.70. The second kappa shape index (κ2) is 6.97. The number of amides is 1. The normalized spacial score (nSPS) is 15.6. The average Bonchev–Trinajstić information content (AvgIpc) is 2.48. The Morgan fingerprint density at radius 3 is 2.65 bits per heavy atom. The number of hydrogen-bond donors (Lipinski definition) is 1. The van der Waals surface area contributed by atoms with E-state index in [1.54, 1.807) is 30.5 Å². The highest BCUT2D eigenvalue weighted by Crippen LogP contribution is 2.21. The van der Waals surface area contributed by atoms with Crippen molar-refractivity contribution < 1.29 is 4.79 Å². The van der Waals surface area contributed by atoms with Gasteiger partial charge in [-0.05, 0) is 31.4 Å². The minimum Gasteiger partial charge on any atom is -0.376 e. The van der Waals surface area contributed by atoms with Gasteiger partial charge in [0, 0.05) is 19.3 Å². The van der Waals surface area contributed by atoms with Gasteiger partial charge in [0.05, 0.1) is 10.7 Å². The van der Waals surface area contributed by atoms with Crippen LogP contribution in [0, 0.1) is 11.3 Å². The van der Waals surface area contributed by atoms with Gasteiger partial charge in [-0.25, -0.2) is 0 Å². The van der Waals surface area contributed by atoms with Gasteiger partial charge in [0.15, 0.2) is 0 Å². The topological polar surface area (TPSA) is 56.1 Å². The van der Waals surface area contributed by atoms with Crippen molar-refractivity contribution in [2.75, 3.05) is 18.4 Å². The Kier molecular flexibility index (Phi) is 5.03. The van der Waals surface area contributed by atoms with Crippen LogP contribution < -0.4 is 5.32 Å². The molecular weight excluding hydrogens is 274 g/mol. The Bertz CT molecular complexity index is 556. The minimum atomic E-state index is -0.425. The lowest BCUT2D eigenvalue weighted by molar-refractivity contribution is -0.112. The van der Waals surface area contributed by atoms with Crippen LogP contribution in [0.4, 0.5) is 5.69 Å². The predicted molar refractivity (Wildman–Crippen MR) is 79.2 cm³/mol. The summed E-state index contributed by atoms with van der Waals surface area (Å²) in [5.41, 5.74) is 0.616. The van der Waals surface area contributed by atoms with Gasteiger partial charge in [-0.3, -0.25) is 4.79 Å². The standard InChI is InChI=1S/C15H16ClN3O/c16-13-6-2-3-7-14(13)18-15(20)12(10-17)11-19-8-4-1-5-9-19/h2-3,6-7,11H,1,4-5,8-9H2,(H,18,20)/b12-11-. The number of nitrogens with zero attached hydrogens (tertiary/aromatic N) is 2. The second-order valence-corrected chi connectivity index (χ2v) is 5.09. The van der Waals surface area contributed by atoms with E-state index in [-0.39, 0.29) is 5.57 Å². The number of halogens is 1. The van der Waals surface area contributed by atoms with Crippen LogP contribution in [-0.4, -0.2) is 23.9 Å². The molecule has 20 heavy (non-hydrogen) atoms. The molecule has 1 aromatic carbocycles. The highest BCUT2D eigenvalue weighted by molar-refractivity contribution is 6.33. The van der Waals surface area contributed by atoms with E-state index < -0.39 is 5.91 Å². The number of benzene rings is 1. The van der Waals surface area contributed by atoms with E-state index in [2.05, 4.69) is 5.32 Å². The molecule has 0 aromatic heterocycles. The van der Waals surface area contributed by atoms with Crippen LogP contribution in [0.5, 0.6) is 0 Å². The summed E-state index contributed by atoms with van der Waals surface area (Å²) in [6.45, 7) is 1.79. The molecule has 104 valence electrons. The Morgan fingerprint density at radius 1 is 1.30 bits per heavy atom. The van der Waals surface area contributed by atoms with Gasteiger partial charge < -0.3 is 10.2 Å². The third-order valence-electron chi connectivity index (χ3n) is 3.19. The summed E-state index contributed by atoms with van der Waals surface area (Å²) >= 11 is 5.98. The third kappa shape index (κ3) is 3.75. The summed E-state index contributed by atoms with van der Waals surface area (Å²) in [4.78, 5) is 14.1. The maximum Gasteiger partial charge on any atom is 0.267 e. The molecule has 1 saturated heterocycles. The summed E-state index contributed by atoms with van der Waals surface area (Å²) < 4.78 is 0. The Balaban J connectivity index is 2.08. The average molecular weight is 290 g/mol. The molecule has 0 bridgehead atoms. The van der Waals surface area contributed by atoms with E-state index >= 15 is 0 Å². The Morgan fingerprint density at radius 2 is 2.00 bits per heavy atom. The SMILES string of the molecule is N#C/C(=C/N1CCCCC1)C(=O)Nc1ccccc1Cl. The maximum absolute atomic E-state index is 12.1. The van der Waals surface area contributed by atoms with Crippen molar-refractivity contribution in [3.8, 4) is 6.07 Å². The molecule has 1 amide bonds. The summed E-state index contributed by atoms with van der Waals surface area (Å²) in [5, 5.41) is 12.3. The van der Waals surface area contributed by atoms with Crippen LogP contribution in [0.15, 0.2) is 36.0 Å². The van der Waals surface area contributed by atoms with Gasteiger partial charge in [-0.1, -0.05) is 23.7 Å². The van der Waals surface area contributed by atoms with E-state index in [9.17, 15) is 4.79 Å². The molecule has 0 aliphatic carbocycles. The van der Waals surface area contributed by atoms with Crippen LogP contribution in [0.2, 0.25) is 5.02 Å². The number of para-hydroxylation sites is 1. The minimum absolute atomic E-state index is 0.104. The van der Waals surface area contributed by atoms with Gasteiger partial charge in [0.1, 0.15) is 11.6 Å². The van der Waals surface area contributed by atoms with Crippen LogP contribution in [-0.2, 0) is 4.79 Å². The van der Waals surface area contributed by atoms with Crippen LogP contribution in [0.3, 0.4) is 0 Å². The number of hydrogen-bond acceptors (Lipinski definition) is 3. The molecule has 0 radical (unpaired) electrons. The van der Waals surface area contributed by atoms with E-state index in [4.69, 9.17) is 16.9 Å². The van der Waals surface area contributed by atoms with Crippen LogP contribution in [0.25, 0.3) is 0 Å². The van der Waals surface area contributed by atoms with E-state index in [1.807, 2.05) is 11.0 Å². The predicted octanol–water partition coefficient (Wildman–Crippen LogP) is 3.17. The summed E-state index contributed by atoms with van der Waals surface area (Å²) in [6, 6.07) is 8.91. The quantitative estimate of drug-likeness (QED) is 0.687. The molecule has 1 aromatic rings. The number of carbonyl (C=O) groups is 1. The zero-order valence-corrected chi connectivity index (χ0v) is 11.9. The first kappa shape index (κ1) is 14.4. The Hall–Kier alpha value is -1.99. The van der Waals surface area contributed by atoms with Gasteiger partial charge in [-0.2, -0.15) is 5.26 Å². The molecule has 0 atom stereocenters. The fourth-order valence-corrected chi connectivity index (χ4v) is 2.30. The first-order valence-electron chi connectivity index (χ1n) is 6.62. The lowest BCUT2D eigenvalue weighted by Crippen LogP contribution is -2.26. The van der Waals surface area contributed by atoms with Crippen molar-refractivity contribution in [2.45, 2.75) is 19.3 Å². The van der Waals surface area contributed by atoms with Gasteiger partial charge in [0.2, 0.25) is 0 Å². The summed E-state index contributed by atoms with van der Waals surface area (Å²) in [7, 11) is 0. The van der Waals surface area contributed by atoms with E-state index in [1.165, 1.54) is 6.42 Å². The first-order valence-corrected chi connectivity index (χ1v) is 7.00. The fourth-order valence-electron chi connectivity index (χ4n) is 2.12. The van der Waals surface area contributed by atoms with Gasteiger partial charge in [-0.15, -0.1) is 0 Å². The van der Waals surface area contributed by atoms with Crippen LogP contribution >= 0.6 is 11.6 Å². The molecule has 0 unspecified atom stereocenters. The molecular formula is C15H16ClN3O. The molecule has 1 fully saturated rings. The molecule has 5 heteroatoms. The molecule has 1 heterocycles. The number of nitrogens with one attached hydrogen (secondary N) is 1. The van der Waals surface area contributed by atoms with Gasteiger partial charge >= 0.3 is 0 Å². The van der Waals surface area contributed by atoms with E-state index in [0.717, 1.165) is 25.9 Å². The number of anilines is 1. The molecule has 1 aliphatic heterocycles. The zero-order chi connectivity index (χ0) is 14.4. The fraction of sp³-hybridized carbons (Fsp3) is 0.333. The number of carbonyl (C=O) groups excluding carboxylic acids is 1.